The van der Waals surface area contributed by atoms with Gasteiger partial charge in [0.05, 0.1) is 13.2 Å². The molecule has 5 nitrogen and oxygen atoms in total. The summed E-state index contributed by atoms with van der Waals surface area (Å²) in [7, 11) is 0. The molecule has 0 atom stereocenters. The minimum absolute atomic E-state index is 0.0441. The van der Waals surface area contributed by atoms with Crippen molar-refractivity contribution in [3.8, 4) is 11.5 Å². The van der Waals surface area contributed by atoms with E-state index in [2.05, 4.69) is 11.0 Å². The molecule has 2 heterocycles. The van der Waals surface area contributed by atoms with Crippen molar-refractivity contribution in [1.29, 1.82) is 0 Å². The quantitative estimate of drug-likeness (QED) is 0.395. The normalized spacial score (nSPS) is 15.3. The molecule has 124 valence electrons. The van der Waals surface area contributed by atoms with Gasteiger partial charge < -0.3 is 14.1 Å². The maximum absolute atomic E-state index is 12.3. The van der Waals surface area contributed by atoms with Crippen LogP contribution in [0, 0.1) is 0 Å². The third-order valence-corrected chi connectivity index (χ3v) is 4.72. The number of ether oxygens (including phenoxy) is 1. The molecule has 5 rings (SSSR count). The van der Waals surface area contributed by atoms with Gasteiger partial charge in [-0.1, -0.05) is 24.3 Å². The van der Waals surface area contributed by atoms with Crippen LogP contribution in [-0.2, 0) is 4.74 Å². The lowest BCUT2D eigenvalue weighted by atomic mass is 10.0. The smallest absolute Gasteiger partial charge is 0.190 e. The summed E-state index contributed by atoms with van der Waals surface area (Å²) in [5.41, 5.74) is 3.24. The number of hydrogen-bond donors (Lipinski definition) is 0. The van der Waals surface area contributed by atoms with Crippen molar-refractivity contribution >= 4 is 27.6 Å². The van der Waals surface area contributed by atoms with E-state index < -0.39 is 0 Å². The molecule has 0 N–H and O–H groups in total. The number of fused-ring (bicyclic) bond motifs is 4. The lowest BCUT2D eigenvalue weighted by Crippen LogP contribution is -2.36. The molecule has 0 unspecified atom stereocenters. The van der Waals surface area contributed by atoms with Crippen LogP contribution < -0.4 is 10.3 Å². The molecule has 1 aliphatic carbocycles. The van der Waals surface area contributed by atoms with E-state index >= 15 is 0 Å². The van der Waals surface area contributed by atoms with E-state index in [1.54, 1.807) is 0 Å². The molecular formula is C20H16N2O3. The second-order valence-electron chi connectivity index (χ2n) is 6.23. The van der Waals surface area contributed by atoms with Crippen LogP contribution in [0.2, 0.25) is 0 Å². The lowest BCUT2D eigenvalue weighted by molar-refractivity contribution is 0.122. The zero-order valence-corrected chi connectivity index (χ0v) is 13.6. The summed E-state index contributed by atoms with van der Waals surface area (Å²) in [6.07, 6.45) is 0. The lowest BCUT2D eigenvalue weighted by Gasteiger charge is -2.28. The minimum atomic E-state index is -0.0441. The molecule has 2 aromatic rings. The number of aromatic nitrogens is 1. The topological polar surface area (TPSA) is 55.6 Å². The zero-order chi connectivity index (χ0) is 16.8. The van der Waals surface area contributed by atoms with Gasteiger partial charge in [0.2, 0.25) is 0 Å². The second-order valence-corrected chi connectivity index (χ2v) is 6.23. The Morgan fingerprint density at radius 1 is 0.960 bits per heavy atom. The van der Waals surface area contributed by atoms with E-state index in [1.165, 1.54) is 6.07 Å². The van der Waals surface area contributed by atoms with Gasteiger partial charge in [-0.05, 0) is 12.1 Å². The Labute approximate surface area is 143 Å². The maximum atomic E-state index is 12.3. The first-order valence-electron chi connectivity index (χ1n) is 8.39. The average molecular weight is 332 g/mol. The molecule has 0 spiro atoms. The Kier molecular flexibility index (Phi) is 3.21. The molecule has 2 aromatic carbocycles. The third kappa shape index (κ3) is 2.36. The second kappa shape index (κ2) is 5.57. The Hall–Kier alpha value is -2.92. The van der Waals surface area contributed by atoms with Gasteiger partial charge in [0.25, 0.3) is 0 Å². The molecule has 5 heteroatoms. The molecule has 1 saturated heterocycles. The molecule has 1 fully saturated rings. The number of hydrogen-bond acceptors (Lipinski definition) is 5. The third-order valence-electron chi connectivity index (χ3n) is 4.72. The van der Waals surface area contributed by atoms with Gasteiger partial charge in [-0.3, -0.25) is 4.79 Å². The summed E-state index contributed by atoms with van der Waals surface area (Å²) >= 11 is 0. The van der Waals surface area contributed by atoms with Crippen molar-refractivity contribution in [2.24, 2.45) is 0 Å². The van der Waals surface area contributed by atoms with Crippen molar-refractivity contribution in [2.75, 3.05) is 31.2 Å². The van der Waals surface area contributed by atoms with Crippen molar-refractivity contribution in [3.05, 3.63) is 58.8 Å². The highest BCUT2D eigenvalue weighted by Crippen LogP contribution is 2.31. The molecule has 0 radical (unpaired) electrons. The first-order valence-corrected chi connectivity index (χ1v) is 8.39. The van der Waals surface area contributed by atoms with Gasteiger partial charge in [-0.15, -0.1) is 0 Å². The zero-order valence-electron chi connectivity index (χ0n) is 13.6. The first kappa shape index (κ1) is 14.4. The summed E-state index contributed by atoms with van der Waals surface area (Å²) in [6, 6.07) is 15.1. The molecule has 2 aliphatic heterocycles. The number of anilines is 1. The van der Waals surface area contributed by atoms with Crippen molar-refractivity contribution < 1.29 is 9.15 Å². The van der Waals surface area contributed by atoms with Crippen molar-refractivity contribution in [2.45, 2.75) is 0 Å². The Balaban J connectivity index is 1.73. The van der Waals surface area contributed by atoms with Gasteiger partial charge in [-0.25, -0.2) is 4.98 Å². The molecule has 0 bridgehead atoms. The number of benzene rings is 3. The molecule has 3 aliphatic rings. The first-order chi connectivity index (χ1) is 12.3. The van der Waals surface area contributed by atoms with E-state index in [4.69, 9.17) is 14.1 Å². The number of rotatable bonds is 1. The average Bonchev–Trinajstić information content (AvgIpc) is 2.67. The fourth-order valence-electron chi connectivity index (χ4n) is 3.43. The standard InChI is InChI=1S/C20H16N2O3/c23-17-12-19-20(15-4-2-1-3-14(15)17)21-16-6-5-13(11-18(16)25-19)22-7-9-24-10-8-22/h1-6,11-12H,7-10H2. The summed E-state index contributed by atoms with van der Waals surface area (Å²) in [5, 5.41) is 1.50. The molecular weight excluding hydrogens is 316 g/mol. The fourth-order valence-corrected chi connectivity index (χ4v) is 3.43. The largest absolute Gasteiger partial charge is 0.453 e. The van der Waals surface area contributed by atoms with E-state index in [-0.39, 0.29) is 5.43 Å². The molecule has 0 amide bonds. The number of morpholine rings is 1. The summed E-state index contributed by atoms with van der Waals surface area (Å²) in [6.45, 7) is 3.19. The van der Waals surface area contributed by atoms with E-state index in [0.29, 0.717) is 16.7 Å². The van der Waals surface area contributed by atoms with E-state index in [9.17, 15) is 4.79 Å². The Morgan fingerprint density at radius 3 is 2.60 bits per heavy atom. The Morgan fingerprint density at radius 2 is 1.76 bits per heavy atom. The predicted molar refractivity (Wildman–Crippen MR) is 97.4 cm³/mol. The van der Waals surface area contributed by atoms with Crippen molar-refractivity contribution in [3.63, 3.8) is 0 Å². The van der Waals surface area contributed by atoms with Gasteiger partial charge in [0, 0.05) is 41.7 Å². The highest BCUT2D eigenvalue weighted by molar-refractivity contribution is 5.96. The predicted octanol–water partition coefficient (Wildman–Crippen LogP) is 3.28. The molecule has 25 heavy (non-hydrogen) atoms. The SMILES string of the molecule is O=c1cc2oc3cc(N4CCOCC4)ccc3nc-2c2ccccc12. The fraction of sp³-hybridized carbons (Fsp3) is 0.200. The van der Waals surface area contributed by atoms with Gasteiger partial charge in [-0.2, -0.15) is 0 Å². The molecule has 0 saturated carbocycles. The Bertz CT molecular complexity index is 1110. The van der Waals surface area contributed by atoms with Crippen LogP contribution in [0.25, 0.3) is 33.3 Å². The van der Waals surface area contributed by atoms with E-state index in [1.807, 2.05) is 36.4 Å². The number of nitrogens with zero attached hydrogens (tertiary/aromatic N) is 2. The van der Waals surface area contributed by atoms with Gasteiger partial charge in [0.15, 0.2) is 16.8 Å². The van der Waals surface area contributed by atoms with Gasteiger partial charge in [0.1, 0.15) is 11.2 Å². The van der Waals surface area contributed by atoms with Crippen LogP contribution in [0.3, 0.4) is 0 Å². The highest BCUT2D eigenvalue weighted by Gasteiger charge is 2.17. The van der Waals surface area contributed by atoms with Crippen molar-refractivity contribution in [1.82, 2.24) is 4.98 Å². The van der Waals surface area contributed by atoms with Crippen LogP contribution >= 0.6 is 0 Å². The molecule has 0 aromatic heterocycles. The van der Waals surface area contributed by atoms with Crippen LogP contribution in [0.15, 0.2) is 57.7 Å². The van der Waals surface area contributed by atoms with E-state index in [0.717, 1.165) is 48.6 Å². The summed E-state index contributed by atoms with van der Waals surface area (Å²) < 4.78 is 11.5. The van der Waals surface area contributed by atoms with Crippen LogP contribution in [0.5, 0.6) is 0 Å². The highest BCUT2D eigenvalue weighted by atomic mass is 16.5. The van der Waals surface area contributed by atoms with Crippen LogP contribution in [-0.4, -0.2) is 31.3 Å². The van der Waals surface area contributed by atoms with Crippen LogP contribution in [0.4, 0.5) is 5.69 Å². The van der Waals surface area contributed by atoms with Crippen LogP contribution in [0.1, 0.15) is 0 Å². The maximum Gasteiger partial charge on any atom is 0.190 e. The summed E-state index contributed by atoms with van der Waals surface area (Å²) in [4.78, 5) is 19.4. The van der Waals surface area contributed by atoms with Gasteiger partial charge >= 0.3 is 0 Å². The minimum Gasteiger partial charge on any atom is -0.453 e. The summed E-state index contributed by atoms with van der Waals surface area (Å²) in [5.74, 6) is 0.523. The monoisotopic (exact) mass is 332 g/mol.